The van der Waals surface area contributed by atoms with Gasteiger partial charge in [0.15, 0.2) is 0 Å². The van der Waals surface area contributed by atoms with Gasteiger partial charge in [-0.05, 0) is 45.2 Å². The lowest BCUT2D eigenvalue weighted by Crippen LogP contribution is -2.24. The number of aryl methyl sites for hydroxylation is 3. The minimum atomic E-state index is -0.00839. The molecule has 0 unspecified atom stereocenters. The average molecular weight is 289 g/mol. The molecular formula is C15H19N3OS. The van der Waals surface area contributed by atoms with Gasteiger partial charge in [-0.25, -0.2) is 4.98 Å². The zero-order valence-electron chi connectivity index (χ0n) is 11.8. The molecule has 0 aliphatic heterocycles. The van der Waals surface area contributed by atoms with Gasteiger partial charge in [0.05, 0.1) is 10.7 Å². The summed E-state index contributed by atoms with van der Waals surface area (Å²) in [5.41, 5.74) is 1.92. The van der Waals surface area contributed by atoms with E-state index in [2.05, 4.69) is 15.3 Å². The first-order valence-electron chi connectivity index (χ1n) is 6.79. The second kappa shape index (κ2) is 7.14. The fourth-order valence-electron chi connectivity index (χ4n) is 2.00. The summed E-state index contributed by atoms with van der Waals surface area (Å²) in [5.74, 6) is -0.00839. The first kappa shape index (κ1) is 14.7. The standard InChI is InChI=1S/C15H19N3OS/c1-11-14(20-12(2)18-11)15(19)17-10-6-4-8-13-7-3-5-9-16-13/h3,5,7,9H,4,6,8,10H2,1-2H3,(H,17,19). The van der Waals surface area contributed by atoms with Gasteiger partial charge in [0.25, 0.3) is 5.91 Å². The predicted molar refractivity (Wildman–Crippen MR) is 81.1 cm³/mol. The molecule has 0 spiro atoms. The van der Waals surface area contributed by atoms with Gasteiger partial charge in [-0.15, -0.1) is 11.3 Å². The van der Waals surface area contributed by atoms with Crippen molar-refractivity contribution in [2.75, 3.05) is 6.54 Å². The molecule has 0 atom stereocenters. The van der Waals surface area contributed by atoms with E-state index in [4.69, 9.17) is 0 Å². The van der Waals surface area contributed by atoms with Gasteiger partial charge in [0, 0.05) is 18.4 Å². The third-order valence-corrected chi connectivity index (χ3v) is 4.05. The molecule has 0 aliphatic carbocycles. The van der Waals surface area contributed by atoms with Gasteiger partial charge in [-0.3, -0.25) is 9.78 Å². The SMILES string of the molecule is Cc1nc(C)c(C(=O)NCCCCc2ccccn2)s1. The first-order valence-corrected chi connectivity index (χ1v) is 7.60. The molecule has 2 aromatic rings. The van der Waals surface area contributed by atoms with Crippen LogP contribution >= 0.6 is 11.3 Å². The largest absolute Gasteiger partial charge is 0.351 e. The molecule has 1 amide bonds. The highest BCUT2D eigenvalue weighted by molar-refractivity contribution is 7.13. The molecule has 0 saturated carbocycles. The van der Waals surface area contributed by atoms with Crippen LogP contribution in [0.4, 0.5) is 0 Å². The van der Waals surface area contributed by atoms with E-state index >= 15 is 0 Å². The summed E-state index contributed by atoms with van der Waals surface area (Å²) in [6.45, 7) is 4.49. The van der Waals surface area contributed by atoms with Crippen molar-refractivity contribution in [2.24, 2.45) is 0 Å². The molecule has 20 heavy (non-hydrogen) atoms. The Balaban J connectivity index is 1.68. The van der Waals surface area contributed by atoms with Gasteiger partial charge in [0.2, 0.25) is 0 Å². The number of carbonyl (C=O) groups is 1. The zero-order chi connectivity index (χ0) is 14.4. The number of nitrogens with one attached hydrogen (secondary N) is 1. The predicted octanol–water partition coefficient (Wildman–Crippen LogP) is 2.91. The Morgan fingerprint density at radius 1 is 1.30 bits per heavy atom. The normalized spacial score (nSPS) is 10.5. The van der Waals surface area contributed by atoms with E-state index in [1.807, 2.05) is 38.2 Å². The summed E-state index contributed by atoms with van der Waals surface area (Å²) in [6, 6.07) is 5.95. The highest BCUT2D eigenvalue weighted by Gasteiger charge is 2.12. The van der Waals surface area contributed by atoms with Crippen molar-refractivity contribution in [3.8, 4) is 0 Å². The maximum Gasteiger partial charge on any atom is 0.263 e. The van der Waals surface area contributed by atoms with Gasteiger partial charge >= 0.3 is 0 Å². The zero-order valence-corrected chi connectivity index (χ0v) is 12.7. The van der Waals surface area contributed by atoms with Crippen LogP contribution in [0.5, 0.6) is 0 Å². The third-order valence-electron chi connectivity index (χ3n) is 2.98. The van der Waals surface area contributed by atoms with Gasteiger partial charge in [-0.1, -0.05) is 6.07 Å². The number of nitrogens with zero attached hydrogens (tertiary/aromatic N) is 2. The lowest BCUT2D eigenvalue weighted by molar-refractivity contribution is 0.0956. The van der Waals surface area contributed by atoms with Crippen molar-refractivity contribution in [1.29, 1.82) is 0 Å². The Morgan fingerprint density at radius 2 is 2.15 bits per heavy atom. The van der Waals surface area contributed by atoms with E-state index < -0.39 is 0 Å². The second-order valence-corrected chi connectivity index (χ2v) is 5.88. The second-order valence-electron chi connectivity index (χ2n) is 4.68. The van der Waals surface area contributed by atoms with Crippen molar-refractivity contribution in [2.45, 2.75) is 33.1 Å². The molecule has 0 saturated heterocycles. The fourth-order valence-corrected chi connectivity index (χ4v) is 2.84. The number of hydrogen-bond acceptors (Lipinski definition) is 4. The van der Waals surface area contributed by atoms with Crippen molar-refractivity contribution in [3.05, 3.63) is 45.7 Å². The number of amides is 1. The Morgan fingerprint density at radius 3 is 2.80 bits per heavy atom. The van der Waals surface area contributed by atoms with Crippen LogP contribution in [0.1, 0.15) is 38.9 Å². The summed E-state index contributed by atoms with van der Waals surface area (Å²) < 4.78 is 0. The minimum absolute atomic E-state index is 0.00839. The highest BCUT2D eigenvalue weighted by Crippen LogP contribution is 2.16. The summed E-state index contributed by atoms with van der Waals surface area (Å²) >= 11 is 1.45. The number of hydrogen-bond donors (Lipinski definition) is 1. The topological polar surface area (TPSA) is 54.9 Å². The van der Waals surface area contributed by atoms with Crippen molar-refractivity contribution in [1.82, 2.24) is 15.3 Å². The lowest BCUT2D eigenvalue weighted by Gasteiger charge is -2.04. The molecule has 1 N–H and O–H groups in total. The minimum Gasteiger partial charge on any atom is -0.351 e. The van der Waals surface area contributed by atoms with E-state index in [1.165, 1.54) is 11.3 Å². The summed E-state index contributed by atoms with van der Waals surface area (Å²) in [5, 5.41) is 3.88. The van der Waals surface area contributed by atoms with E-state index in [9.17, 15) is 4.79 Å². The summed E-state index contributed by atoms with van der Waals surface area (Å²) in [6.07, 6.45) is 4.75. The molecule has 2 aromatic heterocycles. The molecule has 2 heterocycles. The van der Waals surface area contributed by atoms with Crippen LogP contribution in [0.2, 0.25) is 0 Å². The van der Waals surface area contributed by atoms with E-state index in [-0.39, 0.29) is 5.91 Å². The number of thiazole rings is 1. The van der Waals surface area contributed by atoms with Crippen LogP contribution in [-0.2, 0) is 6.42 Å². The molecule has 0 aromatic carbocycles. The Hall–Kier alpha value is -1.75. The molecule has 106 valence electrons. The van der Waals surface area contributed by atoms with Crippen LogP contribution < -0.4 is 5.32 Å². The van der Waals surface area contributed by atoms with E-state index in [0.717, 1.165) is 40.5 Å². The van der Waals surface area contributed by atoms with Crippen LogP contribution in [0, 0.1) is 13.8 Å². The Bertz CT molecular complexity index is 566. The Kier molecular flexibility index (Phi) is 5.24. The van der Waals surface area contributed by atoms with E-state index in [0.29, 0.717) is 6.54 Å². The van der Waals surface area contributed by atoms with Crippen molar-refractivity contribution >= 4 is 17.2 Å². The van der Waals surface area contributed by atoms with Crippen molar-refractivity contribution < 1.29 is 4.79 Å². The molecule has 0 fully saturated rings. The van der Waals surface area contributed by atoms with Crippen LogP contribution in [0.15, 0.2) is 24.4 Å². The monoisotopic (exact) mass is 289 g/mol. The smallest absolute Gasteiger partial charge is 0.263 e. The lowest BCUT2D eigenvalue weighted by atomic mass is 10.2. The quantitative estimate of drug-likeness (QED) is 0.832. The number of pyridine rings is 1. The summed E-state index contributed by atoms with van der Waals surface area (Å²) in [7, 11) is 0. The Labute approximate surface area is 123 Å². The van der Waals surface area contributed by atoms with Gasteiger partial charge < -0.3 is 5.32 Å². The van der Waals surface area contributed by atoms with Gasteiger partial charge in [0.1, 0.15) is 4.88 Å². The van der Waals surface area contributed by atoms with Crippen molar-refractivity contribution in [3.63, 3.8) is 0 Å². The number of carbonyl (C=O) groups excluding carboxylic acids is 1. The molecule has 0 aliphatic rings. The number of aromatic nitrogens is 2. The van der Waals surface area contributed by atoms with Gasteiger partial charge in [-0.2, -0.15) is 0 Å². The maximum atomic E-state index is 12.0. The number of unbranched alkanes of at least 4 members (excludes halogenated alkanes) is 1. The van der Waals surface area contributed by atoms with Crippen LogP contribution in [0.25, 0.3) is 0 Å². The molecular weight excluding hydrogens is 270 g/mol. The third kappa shape index (κ3) is 4.13. The van der Waals surface area contributed by atoms with Crippen LogP contribution in [0.3, 0.4) is 0 Å². The number of rotatable bonds is 6. The van der Waals surface area contributed by atoms with Crippen LogP contribution in [-0.4, -0.2) is 22.4 Å². The molecule has 4 nitrogen and oxygen atoms in total. The maximum absolute atomic E-state index is 12.0. The first-order chi connectivity index (χ1) is 9.66. The molecule has 0 bridgehead atoms. The summed E-state index contributed by atoms with van der Waals surface area (Å²) in [4.78, 5) is 21.2. The molecule has 0 radical (unpaired) electrons. The molecule has 2 rings (SSSR count). The fraction of sp³-hybridized carbons (Fsp3) is 0.400. The van der Waals surface area contributed by atoms with E-state index in [1.54, 1.807) is 0 Å². The average Bonchev–Trinajstić information content (AvgIpc) is 2.78. The molecule has 5 heteroatoms. The highest BCUT2D eigenvalue weighted by atomic mass is 32.1.